The SMILES string of the molecule is CC1=CC(=[N+](C)c2cc(C)c(N3C(=O)c4ccccc4C3=O)cc2Nc2ccc(C(=O)O)cc2)CC=C1N1C(=O)c2ccccc2C1=O. The molecule has 7 rings (SSSR count). The molecule has 0 atom stereocenters. The number of aromatic carboxylic acids is 1. The van der Waals surface area contributed by atoms with Crippen molar-refractivity contribution in [3.05, 3.63) is 142 Å². The molecule has 0 spiro atoms. The summed E-state index contributed by atoms with van der Waals surface area (Å²) in [5, 5.41) is 12.7. The molecule has 4 amide bonds. The molecule has 0 unspecified atom stereocenters. The third-order valence-corrected chi connectivity index (χ3v) is 8.88. The molecule has 0 fully saturated rings. The lowest BCUT2D eigenvalue weighted by atomic mass is 10.0. The van der Waals surface area contributed by atoms with Gasteiger partial charge < -0.3 is 10.4 Å². The zero-order valence-electron chi connectivity index (χ0n) is 26.3. The number of fused-ring (bicyclic) bond motifs is 2. The standard InChI is InChI=1S/C38H28N4O6/c1-21-18-25(16-17-31(21)41-34(43)26-8-4-5-9-27(26)35(41)44)40(3)33-19-22(2)32(42-36(45)28-10-6-7-11-29(28)37(42)46)20-30(33)39-24-14-12-23(13-15-24)38(47)48/h4-15,17-20,39H,16H2,1-3H3/p+1. The second-order valence-electron chi connectivity index (χ2n) is 11.8. The first-order chi connectivity index (χ1) is 23.0. The Morgan fingerprint density at radius 2 is 1.27 bits per heavy atom. The van der Waals surface area contributed by atoms with E-state index in [1.54, 1.807) is 66.7 Å². The summed E-state index contributed by atoms with van der Waals surface area (Å²) < 4.78 is 1.96. The number of carbonyl (C=O) groups excluding carboxylic acids is 4. The van der Waals surface area contributed by atoms with Gasteiger partial charge >= 0.3 is 5.97 Å². The minimum atomic E-state index is -1.05. The topological polar surface area (TPSA) is 127 Å². The molecule has 0 radical (unpaired) electrons. The van der Waals surface area contributed by atoms with Crippen LogP contribution in [0.5, 0.6) is 0 Å². The lowest BCUT2D eigenvalue weighted by Crippen LogP contribution is -2.31. The van der Waals surface area contributed by atoms with Crippen LogP contribution in [-0.2, 0) is 0 Å². The van der Waals surface area contributed by atoms with E-state index < -0.39 is 17.8 Å². The fraction of sp³-hybridized carbons (Fsp3) is 0.105. The van der Waals surface area contributed by atoms with E-state index in [2.05, 4.69) is 5.32 Å². The van der Waals surface area contributed by atoms with Crippen molar-refractivity contribution < 1.29 is 33.7 Å². The predicted octanol–water partition coefficient (Wildman–Crippen LogP) is 6.48. The summed E-state index contributed by atoms with van der Waals surface area (Å²) in [4.78, 5) is 67.1. The number of hydrogen-bond donors (Lipinski definition) is 2. The molecule has 3 aliphatic rings. The van der Waals surface area contributed by atoms with Crippen LogP contribution in [0, 0.1) is 6.92 Å². The number of carbonyl (C=O) groups is 5. The van der Waals surface area contributed by atoms with E-state index in [-0.39, 0.29) is 17.4 Å². The van der Waals surface area contributed by atoms with Crippen molar-refractivity contribution in [3.8, 4) is 0 Å². The number of carboxylic acids is 1. The first-order valence-electron chi connectivity index (χ1n) is 15.2. The molecule has 1 aliphatic carbocycles. The summed E-state index contributed by atoms with van der Waals surface area (Å²) in [5.74, 6) is -2.59. The molecule has 2 N–H and O–H groups in total. The lowest BCUT2D eigenvalue weighted by Gasteiger charge is -2.22. The monoisotopic (exact) mass is 637 g/mol. The summed E-state index contributed by atoms with van der Waals surface area (Å²) in [6.07, 6.45) is 4.20. The third kappa shape index (κ3) is 4.82. The second kappa shape index (κ2) is 11.4. The van der Waals surface area contributed by atoms with E-state index in [1.807, 2.05) is 43.7 Å². The Labute approximate surface area is 275 Å². The molecule has 4 aromatic rings. The normalized spacial score (nSPS) is 16.5. The maximum atomic E-state index is 13.4. The molecule has 0 saturated heterocycles. The number of allylic oxidation sites excluding steroid dienone is 3. The first kappa shape index (κ1) is 30.2. The van der Waals surface area contributed by atoms with Gasteiger partial charge in [-0.25, -0.2) is 14.6 Å². The summed E-state index contributed by atoms with van der Waals surface area (Å²) in [5.41, 5.74) is 6.65. The van der Waals surface area contributed by atoms with Crippen LogP contribution >= 0.6 is 0 Å². The van der Waals surface area contributed by atoms with E-state index >= 15 is 0 Å². The quantitative estimate of drug-likeness (QED) is 0.183. The average Bonchev–Trinajstić information content (AvgIpc) is 3.49. The Hall–Kier alpha value is -6.42. The average molecular weight is 638 g/mol. The molecule has 0 aromatic heterocycles. The second-order valence-corrected chi connectivity index (χ2v) is 11.8. The van der Waals surface area contributed by atoms with Gasteiger partial charge in [-0.2, -0.15) is 4.58 Å². The fourth-order valence-corrected chi connectivity index (χ4v) is 6.37. The zero-order valence-corrected chi connectivity index (χ0v) is 26.3. The highest BCUT2D eigenvalue weighted by Gasteiger charge is 2.40. The largest absolute Gasteiger partial charge is 0.478 e. The predicted molar refractivity (Wildman–Crippen MR) is 180 cm³/mol. The highest BCUT2D eigenvalue weighted by molar-refractivity contribution is 6.34. The van der Waals surface area contributed by atoms with Gasteiger partial charge in [-0.05, 0) is 85.7 Å². The van der Waals surface area contributed by atoms with Gasteiger partial charge in [-0.3, -0.25) is 19.2 Å². The van der Waals surface area contributed by atoms with Gasteiger partial charge in [-0.1, -0.05) is 24.3 Å². The van der Waals surface area contributed by atoms with E-state index in [1.165, 1.54) is 21.9 Å². The Morgan fingerprint density at radius 3 is 1.77 bits per heavy atom. The first-order valence-corrected chi connectivity index (χ1v) is 15.2. The van der Waals surface area contributed by atoms with Crippen molar-refractivity contribution in [2.45, 2.75) is 20.3 Å². The van der Waals surface area contributed by atoms with Crippen molar-refractivity contribution in [1.29, 1.82) is 0 Å². The molecular weight excluding hydrogens is 608 g/mol. The number of nitrogens with zero attached hydrogens (tertiary/aromatic N) is 3. The molecular formula is C38H29N4O6+. The van der Waals surface area contributed by atoms with E-state index in [9.17, 15) is 29.1 Å². The van der Waals surface area contributed by atoms with Gasteiger partial charge in [0, 0.05) is 17.8 Å². The van der Waals surface area contributed by atoms with Crippen molar-refractivity contribution in [1.82, 2.24) is 4.90 Å². The Balaban J connectivity index is 1.28. The van der Waals surface area contributed by atoms with E-state index in [0.717, 1.165) is 11.3 Å². The summed E-state index contributed by atoms with van der Waals surface area (Å²) in [6, 6.07) is 23.4. The van der Waals surface area contributed by atoms with Crippen molar-refractivity contribution in [2.24, 2.45) is 0 Å². The summed E-state index contributed by atoms with van der Waals surface area (Å²) in [7, 11) is 1.88. The number of carboxylic acid groups (broad SMARTS) is 1. The van der Waals surface area contributed by atoms with Gasteiger partial charge in [0.25, 0.3) is 23.6 Å². The van der Waals surface area contributed by atoms with Crippen LogP contribution in [0.1, 0.15) is 70.7 Å². The van der Waals surface area contributed by atoms with Crippen molar-refractivity contribution >= 4 is 58.1 Å². The summed E-state index contributed by atoms with van der Waals surface area (Å²) >= 11 is 0. The minimum absolute atomic E-state index is 0.132. The van der Waals surface area contributed by atoms with Crippen LogP contribution in [0.15, 0.2) is 108 Å². The maximum Gasteiger partial charge on any atom is 0.335 e. The molecule has 2 aliphatic heterocycles. The maximum absolute atomic E-state index is 13.4. The summed E-state index contributed by atoms with van der Waals surface area (Å²) in [6.45, 7) is 3.68. The van der Waals surface area contributed by atoms with E-state index in [4.69, 9.17) is 0 Å². The lowest BCUT2D eigenvalue weighted by molar-refractivity contribution is -0.404. The van der Waals surface area contributed by atoms with Gasteiger partial charge in [0.1, 0.15) is 12.7 Å². The smallest absolute Gasteiger partial charge is 0.335 e. The highest BCUT2D eigenvalue weighted by atomic mass is 16.4. The van der Waals surface area contributed by atoms with Crippen LogP contribution in [-0.4, -0.2) is 56.9 Å². The fourth-order valence-electron chi connectivity index (χ4n) is 6.37. The molecule has 4 aromatic carbocycles. The van der Waals surface area contributed by atoms with Gasteiger partial charge in [-0.15, -0.1) is 0 Å². The van der Waals surface area contributed by atoms with Crippen LogP contribution in [0.25, 0.3) is 0 Å². The van der Waals surface area contributed by atoms with Crippen molar-refractivity contribution in [3.63, 3.8) is 0 Å². The van der Waals surface area contributed by atoms with Gasteiger partial charge in [0.15, 0.2) is 5.71 Å². The molecule has 10 nitrogen and oxygen atoms in total. The molecule has 48 heavy (non-hydrogen) atoms. The number of nitrogens with one attached hydrogen (secondary N) is 1. The highest BCUT2D eigenvalue weighted by Crippen LogP contribution is 2.39. The molecule has 0 saturated carbocycles. The molecule has 236 valence electrons. The van der Waals surface area contributed by atoms with Crippen LogP contribution in [0.3, 0.4) is 0 Å². The Morgan fingerprint density at radius 1 is 0.750 bits per heavy atom. The van der Waals surface area contributed by atoms with Crippen molar-refractivity contribution in [2.75, 3.05) is 17.3 Å². The molecule has 0 bridgehead atoms. The van der Waals surface area contributed by atoms with Crippen LogP contribution < -0.4 is 10.2 Å². The zero-order chi connectivity index (χ0) is 33.9. The number of aryl methyl sites for hydroxylation is 1. The number of hydrogen-bond acceptors (Lipinski definition) is 6. The van der Waals surface area contributed by atoms with Crippen LogP contribution in [0.4, 0.5) is 22.7 Å². The molecule has 2 heterocycles. The Bertz CT molecular complexity index is 2160. The Kier molecular flexibility index (Phi) is 7.20. The third-order valence-electron chi connectivity index (χ3n) is 8.88. The minimum Gasteiger partial charge on any atom is -0.478 e. The van der Waals surface area contributed by atoms with Gasteiger partial charge in [0.05, 0.1) is 45.6 Å². The number of rotatable bonds is 6. The van der Waals surface area contributed by atoms with Crippen LogP contribution in [0.2, 0.25) is 0 Å². The van der Waals surface area contributed by atoms with E-state index in [0.29, 0.717) is 62.7 Å². The number of imide groups is 2. The number of benzene rings is 4. The van der Waals surface area contributed by atoms with Gasteiger partial charge in [0.2, 0.25) is 5.69 Å². The number of anilines is 3. The molecule has 10 heteroatoms. The number of amides is 4.